The molecule has 1 fully saturated rings. The zero-order chi connectivity index (χ0) is 14.3. The van der Waals surface area contributed by atoms with Crippen LogP contribution in [0.3, 0.4) is 0 Å². The SMILES string of the molecule is O=C(O)c1ccn2cc(CC3CCS(=O)(=O)C3)nc2c1. The van der Waals surface area contributed by atoms with E-state index in [0.29, 0.717) is 18.5 Å². The number of hydrogen-bond acceptors (Lipinski definition) is 4. The molecule has 1 aliphatic rings. The second-order valence-electron chi connectivity index (χ2n) is 5.19. The van der Waals surface area contributed by atoms with E-state index in [9.17, 15) is 13.2 Å². The maximum absolute atomic E-state index is 11.4. The highest BCUT2D eigenvalue weighted by molar-refractivity contribution is 7.91. The monoisotopic (exact) mass is 294 g/mol. The fraction of sp³-hybridized carbons (Fsp3) is 0.385. The van der Waals surface area contributed by atoms with Crippen LogP contribution in [0, 0.1) is 5.92 Å². The predicted molar refractivity (Wildman–Crippen MR) is 72.6 cm³/mol. The van der Waals surface area contributed by atoms with Crippen LogP contribution in [-0.2, 0) is 16.3 Å². The summed E-state index contributed by atoms with van der Waals surface area (Å²) in [6, 6.07) is 3.03. The number of fused-ring (bicyclic) bond motifs is 1. The van der Waals surface area contributed by atoms with Crippen LogP contribution in [0.2, 0.25) is 0 Å². The average molecular weight is 294 g/mol. The molecule has 2 aromatic heterocycles. The van der Waals surface area contributed by atoms with Gasteiger partial charge in [-0.15, -0.1) is 0 Å². The van der Waals surface area contributed by atoms with E-state index >= 15 is 0 Å². The van der Waals surface area contributed by atoms with Gasteiger partial charge in [-0.3, -0.25) is 0 Å². The summed E-state index contributed by atoms with van der Waals surface area (Å²) < 4.78 is 24.6. The third kappa shape index (κ3) is 2.53. The van der Waals surface area contributed by atoms with Crippen molar-refractivity contribution in [2.75, 3.05) is 11.5 Å². The molecule has 1 unspecified atom stereocenters. The van der Waals surface area contributed by atoms with Crippen molar-refractivity contribution in [1.82, 2.24) is 9.38 Å². The van der Waals surface area contributed by atoms with Crippen molar-refractivity contribution in [2.45, 2.75) is 12.8 Å². The van der Waals surface area contributed by atoms with E-state index in [1.807, 2.05) is 6.20 Å². The Hall–Kier alpha value is -1.89. The molecule has 1 atom stereocenters. The number of aromatic nitrogens is 2. The number of pyridine rings is 1. The maximum atomic E-state index is 11.4. The van der Waals surface area contributed by atoms with Gasteiger partial charge in [0.2, 0.25) is 0 Å². The standard InChI is InChI=1S/C13H14N2O4S/c16-13(17)10-1-3-15-7-11(14-12(15)6-10)5-9-2-4-20(18,19)8-9/h1,3,6-7,9H,2,4-5,8H2,(H,16,17). The smallest absolute Gasteiger partial charge is 0.335 e. The van der Waals surface area contributed by atoms with Gasteiger partial charge in [0.1, 0.15) is 5.65 Å². The minimum absolute atomic E-state index is 0.115. The maximum Gasteiger partial charge on any atom is 0.335 e. The van der Waals surface area contributed by atoms with Gasteiger partial charge >= 0.3 is 5.97 Å². The molecule has 0 aliphatic carbocycles. The van der Waals surface area contributed by atoms with Crippen LogP contribution in [0.5, 0.6) is 0 Å². The molecular weight excluding hydrogens is 280 g/mol. The van der Waals surface area contributed by atoms with Gasteiger partial charge < -0.3 is 9.51 Å². The van der Waals surface area contributed by atoms with E-state index < -0.39 is 15.8 Å². The lowest BCUT2D eigenvalue weighted by molar-refractivity contribution is 0.0697. The lowest BCUT2D eigenvalue weighted by Gasteiger charge is -2.03. The van der Waals surface area contributed by atoms with E-state index in [1.54, 1.807) is 10.6 Å². The molecule has 7 heteroatoms. The Bertz CT molecular complexity index is 779. The van der Waals surface area contributed by atoms with Crippen molar-refractivity contribution in [1.29, 1.82) is 0 Å². The first-order valence-electron chi connectivity index (χ1n) is 6.34. The van der Waals surface area contributed by atoms with E-state index in [0.717, 1.165) is 5.69 Å². The summed E-state index contributed by atoms with van der Waals surface area (Å²) in [7, 11) is -2.88. The van der Waals surface area contributed by atoms with Gasteiger partial charge in [-0.2, -0.15) is 0 Å². The first-order chi connectivity index (χ1) is 9.43. The normalized spacial score (nSPS) is 21.3. The fourth-order valence-corrected chi connectivity index (χ4v) is 4.46. The van der Waals surface area contributed by atoms with Crippen molar-refractivity contribution in [3.05, 3.63) is 35.8 Å². The minimum atomic E-state index is -2.88. The lowest BCUT2D eigenvalue weighted by atomic mass is 10.0. The molecule has 0 radical (unpaired) electrons. The summed E-state index contributed by atoms with van der Waals surface area (Å²) in [5, 5.41) is 8.93. The van der Waals surface area contributed by atoms with Gasteiger partial charge in [-0.05, 0) is 30.9 Å². The topological polar surface area (TPSA) is 88.7 Å². The molecule has 6 nitrogen and oxygen atoms in total. The van der Waals surface area contributed by atoms with Crippen LogP contribution in [0.15, 0.2) is 24.5 Å². The quantitative estimate of drug-likeness (QED) is 0.912. The molecule has 3 rings (SSSR count). The number of aromatic carboxylic acids is 1. The number of rotatable bonds is 3. The molecule has 0 amide bonds. The Morgan fingerprint density at radius 1 is 1.50 bits per heavy atom. The van der Waals surface area contributed by atoms with Crippen LogP contribution in [0.1, 0.15) is 22.5 Å². The predicted octanol–water partition coefficient (Wildman–Crippen LogP) is 1.01. The molecule has 0 saturated carbocycles. The van der Waals surface area contributed by atoms with E-state index in [-0.39, 0.29) is 23.0 Å². The van der Waals surface area contributed by atoms with Crippen LogP contribution in [0.25, 0.3) is 5.65 Å². The zero-order valence-corrected chi connectivity index (χ0v) is 11.5. The van der Waals surface area contributed by atoms with Gasteiger partial charge in [0.15, 0.2) is 9.84 Å². The van der Waals surface area contributed by atoms with Crippen LogP contribution in [0.4, 0.5) is 0 Å². The van der Waals surface area contributed by atoms with Gasteiger partial charge in [-0.1, -0.05) is 0 Å². The molecule has 106 valence electrons. The second kappa shape index (κ2) is 4.59. The second-order valence-corrected chi connectivity index (χ2v) is 7.42. The Morgan fingerprint density at radius 2 is 2.30 bits per heavy atom. The molecule has 0 bridgehead atoms. The number of sulfone groups is 1. The van der Waals surface area contributed by atoms with Crippen molar-refractivity contribution < 1.29 is 18.3 Å². The van der Waals surface area contributed by atoms with Gasteiger partial charge in [-0.25, -0.2) is 18.2 Å². The summed E-state index contributed by atoms with van der Waals surface area (Å²) in [5.41, 5.74) is 1.56. The molecule has 1 saturated heterocycles. The summed E-state index contributed by atoms with van der Waals surface area (Å²) in [5.74, 6) is -0.391. The Labute approximate surface area is 116 Å². The molecule has 0 aromatic carbocycles. The summed E-state index contributed by atoms with van der Waals surface area (Å²) in [6.45, 7) is 0. The van der Waals surface area contributed by atoms with Crippen LogP contribution >= 0.6 is 0 Å². The molecule has 20 heavy (non-hydrogen) atoms. The minimum Gasteiger partial charge on any atom is -0.478 e. The van der Waals surface area contributed by atoms with Crippen molar-refractivity contribution in [3.63, 3.8) is 0 Å². The Morgan fingerprint density at radius 3 is 2.95 bits per heavy atom. The fourth-order valence-electron chi connectivity index (χ4n) is 2.59. The van der Waals surface area contributed by atoms with Gasteiger partial charge in [0.25, 0.3) is 0 Å². The summed E-state index contributed by atoms with van der Waals surface area (Å²) >= 11 is 0. The zero-order valence-electron chi connectivity index (χ0n) is 10.7. The molecule has 2 aromatic rings. The number of carboxylic acids is 1. The Kier molecular flexibility index (Phi) is 3.01. The van der Waals surface area contributed by atoms with E-state index in [1.165, 1.54) is 12.1 Å². The highest BCUT2D eigenvalue weighted by Gasteiger charge is 2.28. The van der Waals surface area contributed by atoms with E-state index in [4.69, 9.17) is 5.11 Å². The molecule has 3 heterocycles. The molecule has 0 spiro atoms. The first-order valence-corrected chi connectivity index (χ1v) is 8.16. The van der Waals surface area contributed by atoms with E-state index in [2.05, 4.69) is 4.98 Å². The number of carbonyl (C=O) groups is 1. The lowest BCUT2D eigenvalue weighted by Crippen LogP contribution is -2.07. The summed E-state index contributed by atoms with van der Waals surface area (Å²) in [6.07, 6.45) is 4.77. The Balaban J connectivity index is 1.84. The van der Waals surface area contributed by atoms with Crippen LogP contribution in [-0.4, -0.2) is 40.4 Å². The molecular formula is C13H14N2O4S. The third-order valence-corrected chi connectivity index (χ3v) is 5.42. The van der Waals surface area contributed by atoms with Crippen molar-refractivity contribution in [2.24, 2.45) is 5.92 Å². The first kappa shape index (κ1) is 13.1. The largest absolute Gasteiger partial charge is 0.478 e. The number of carboxylic acid groups (broad SMARTS) is 1. The summed E-state index contributed by atoms with van der Waals surface area (Å²) in [4.78, 5) is 15.3. The van der Waals surface area contributed by atoms with Gasteiger partial charge in [0, 0.05) is 12.4 Å². The van der Waals surface area contributed by atoms with Gasteiger partial charge in [0.05, 0.1) is 22.8 Å². The third-order valence-electron chi connectivity index (χ3n) is 3.58. The van der Waals surface area contributed by atoms with Crippen molar-refractivity contribution >= 4 is 21.5 Å². The highest BCUT2D eigenvalue weighted by Crippen LogP contribution is 2.22. The number of imidazole rings is 1. The van der Waals surface area contributed by atoms with Crippen molar-refractivity contribution in [3.8, 4) is 0 Å². The number of hydrogen-bond donors (Lipinski definition) is 1. The average Bonchev–Trinajstić information content (AvgIpc) is 2.91. The highest BCUT2D eigenvalue weighted by atomic mass is 32.2. The molecule has 1 aliphatic heterocycles. The van der Waals surface area contributed by atoms with Crippen LogP contribution < -0.4 is 0 Å². The number of nitrogens with zero attached hydrogens (tertiary/aromatic N) is 2. The molecule has 1 N–H and O–H groups in total.